The van der Waals surface area contributed by atoms with Crippen molar-refractivity contribution >= 4 is 22.5 Å². The van der Waals surface area contributed by atoms with Crippen molar-refractivity contribution < 1.29 is 9.53 Å². The van der Waals surface area contributed by atoms with E-state index in [0.717, 1.165) is 40.8 Å². The minimum Gasteiger partial charge on any atom is -0.496 e. The molecule has 26 heavy (non-hydrogen) atoms. The average molecular weight is 375 g/mol. The third-order valence-corrected chi connectivity index (χ3v) is 5.66. The Morgan fingerprint density at radius 3 is 2.62 bits per heavy atom. The van der Waals surface area contributed by atoms with Crippen molar-refractivity contribution in [3.63, 3.8) is 0 Å². The van der Waals surface area contributed by atoms with Gasteiger partial charge in [-0.25, -0.2) is 9.78 Å². The van der Waals surface area contributed by atoms with Gasteiger partial charge in [0, 0.05) is 37.1 Å². The van der Waals surface area contributed by atoms with E-state index >= 15 is 0 Å². The van der Waals surface area contributed by atoms with E-state index in [1.165, 1.54) is 0 Å². The highest BCUT2D eigenvalue weighted by Gasteiger charge is 2.24. The molecule has 0 bridgehead atoms. The first-order valence-electron chi connectivity index (χ1n) is 8.85. The number of piperazine rings is 1. The predicted octanol–water partition coefficient (Wildman–Crippen LogP) is 3.36. The number of aromatic nitrogens is 1. The second-order valence-corrected chi connectivity index (χ2v) is 7.50. The summed E-state index contributed by atoms with van der Waals surface area (Å²) in [6.07, 6.45) is 0. The van der Waals surface area contributed by atoms with Crippen molar-refractivity contribution in [3.05, 3.63) is 40.4 Å². The number of amides is 2. The van der Waals surface area contributed by atoms with Gasteiger partial charge in [0.25, 0.3) is 0 Å². The summed E-state index contributed by atoms with van der Waals surface area (Å²) in [5, 5.41) is 6.20. The molecule has 0 aliphatic carbocycles. The third-order valence-electron chi connectivity index (χ3n) is 4.64. The number of rotatable bonds is 4. The lowest BCUT2D eigenvalue weighted by Crippen LogP contribution is -2.52. The SMILES string of the molecule is COc1ccc(C)cc1[C@H](C)NC(=O)N1CCN(c2nc(C)cs2)CC1. The van der Waals surface area contributed by atoms with Gasteiger partial charge in [0.15, 0.2) is 5.13 Å². The van der Waals surface area contributed by atoms with E-state index in [4.69, 9.17) is 4.74 Å². The van der Waals surface area contributed by atoms with Crippen LogP contribution in [0.15, 0.2) is 23.6 Å². The molecule has 0 spiro atoms. The molecule has 0 unspecified atom stereocenters. The Hall–Kier alpha value is -2.28. The van der Waals surface area contributed by atoms with Crippen LogP contribution in [0, 0.1) is 13.8 Å². The molecule has 2 amide bonds. The molecule has 0 radical (unpaired) electrons. The average Bonchev–Trinajstić information content (AvgIpc) is 3.08. The van der Waals surface area contributed by atoms with Gasteiger partial charge < -0.3 is 19.9 Å². The van der Waals surface area contributed by atoms with Crippen molar-refractivity contribution in [2.75, 3.05) is 38.2 Å². The third kappa shape index (κ3) is 4.09. The van der Waals surface area contributed by atoms with E-state index < -0.39 is 0 Å². The topological polar surface area (TPSA) is 57.7 Å². The molecule has 140 valence electrons. The molecular formula is C19H26N4O2S. The maximum absolute atomic E-state index is 12.7. The predicted molar refractivity (Wildman–Crippen MR) is 105 cm³/mol. The van der Waals surface area contributed by atoms with Crippen molar-refractivity contribution in [1.82, 2.24) is 15.2 Å². The number of nitrogens with one attached hydrogen (secondary N) is 1. The maximum Gasteiger partial charge on any atom is 0.317 e. The van der Waals surface area contributed by atoms with Crippen molar-refractivity contribution in [2.45, 2.75) is 26.8 Å². The van der Waals surface area contributed by atoms with Crippen LogP contribution < -0.4 is 15.0 Å². The minimum absolute atomic E-state index is 0.0315. The zero-order valence-corrected chi connectivity index (χ0v) is 16.6. The Morgan fingerprint density at radius 2 is 2.00 bits per heavy atom. The van der Waals surface area contributed by atoms with Gasteiger partial charge in [0.1, 0.15) is 5.75 Å². The van der Waals surface area contributed by atoms with Crippen molar-refractivity contribution in [3.8, 4) is 5.75 Å². The molecule has 0 saturated carbocycles. The molecule has 2 aromatic rings. The largest absolute Gasteiger partial charge is 0.496 e. The van der Waals surface area contributed by atoms with Crippen LogP contribution in [0.25, 0.3) is 0 Å². The Labute approximate surface area is 158 Å². The molecular weight excluding hydrogens is 348 g/mol. The number of benzene rings is 1. The molecule has 6 nitrogen and oxygen atoms in total. The van der Waals surface area contributed by atoms with Crippen LogP contribution in [-0.2, 0) is 0 Å². The van der Waals surface area contributed by atoms with Crippen LogP contribution in [0.4, 0.5) is 9.93 Å². The molecule has 1 N–H and O–H groups in total. The van der Waals surface area contributed by atoms with Gasteiger partial charge in [-0.1, -0.05) is 17.7 Å². The maximum atomic E-state index is 12.7. The molecule has 2 heterocycles. The number of carbonyl (C=O) groups is 1. The van der Waals surface area contributed by atoms with Gasteiger partial charge in [-0.2, -0.15) is 0 Å². The van der Waals surface area contributed by atoms with E-state index in [0.29, 0.717) is 13.1 Å². The summed E-state index contributed by atoms with van der Waals surface area (Å²) in [6, 6.07) is 5.87. The molecule has 1 atom stereocenters. The Bertz CT molecular complexity index is 769. The summed E-state index contributed by atoms with van der Waals surface area (Å²) in [6.45, 7) is 9.04. The standard InChI is InChI=1S/C19H26N4O2S/c1-13-5-6-17(25-4)16(11-13)15(3)21-18(24)22-7-9-23(10-8-22)19-20-14(2)12-26-19/h5-6,11-12,15H,7-10H2,1-4H3,(H,21,24)/t15-/m0/s1. The lowest BCUT2D eigenvalue weighted by molar-refractivity contribution is 0.191. The summed E-state index contributed by atoms with van der Waals surface area (Å²) in [5.41, 5.74) is 3.19. The Morgan fingerprint density at radius 1 is 1.27 bits per heavy atom. The summed E-state index contributed by atoms with van der Waals surface area (Å²) in [4.78, 5) is 21.3. The van der Waals surface area contributed by atoms with Gasteiger partial charge >= 0.3 is 6.03 Å². The number of thiazole rings is 1. The van der Waals surface area contributed by atoms with Gasteiger partial charge in [-0.05, 0) is 26.8 Å². The van der Waals surface area contributed by atoms with Crippen LogP contribution in [-0.4, -0.2) is 49.2 Å². The van der Waals surface area contributed by atoms with E-state index in [9.17, 15) is 4.79 Å². The summed E-state index contributed by atoms with van der Waals surface area (Å²) >= 11 is 1.66. The van der Waals surface area contributed by atoms with Gasteiger partial charge in [0.2, 0.25) is 0 Å². The number of methoxy groups -OCH3 is 1. The highest BCUT2D eigenvalue weighted by atomic mass is 32.1. The minimum atomic E-state index is -0.114. The molecule has 1 aromatic carbocycles. The number of nitrogens with zero attached hydrogens (tertiary/aromatic N) is 3. The molecule has 1 fully saturated rings. The molecule has 1 aromatic heterocycles. The highest BCUT2D eigenvalue weighted by Crippen LogP contribution is 2.26. The van der Waals surface area contributed by atoms with E-state index in [1.807, 2.05) is 37.8 Å². The highest BCUT2D eigenvalue weighted by molar-refractivity contribution is 7.13. The van der Waals surface area contributed by atoms with Gasteiger partial charge in [-0.3, -0.25) is 0 Å². The number of ether oxygens (including phenoxy) is 1. The molecule has 1 aliphatic heterocycles. The van der Waals surface area contributed by atoms with Crippen molar-refractivity contribution in [2.24, 2.45) is 0 Å². The van der Waals surface area contributed by atoms with E-state index in [2.05, 4.69) is 26.6 Å². The smallest absolute Gasteiger partial charge is 0.317 e. The quantitative estimate of drug-likeness (QED) is 0.892. The zero-order valence-electron chi connectivity index (χ0n) is 15.8. The summed E-state index contributed by atoms with van der Waals surface area (Å²) in [7, 11) is 1.66. The lowest BCUT2D eigenvalue weighted by atomic mass is 10.0. The summed E-state index contributed by atoms with van der Waals surface area (Å²) < 4.78 is 5.44. The fraction of sp³-hybridized carbons (Fsp3) is 0.474. The van der Waals surface area contributed by atoms with E-state index in [-0.39, 0.29) is 12.1 Å². The first kappa shape index (κ1) is 18.5. The van der Waals surface area contributed by atoms with Crippen molar-refractivity contribution in [1.29, 1.82) is 0 Å². The first-order chi connectivity index (χ1) is 12.5. The van der Waals surface area contributed by atoms with Crippen LogP contribution >= 0.6 is 11.3 Å². The summed E-state index contributed by atoms with van der Waals surface area (Å²) in [5.74, 6) is 0.798. The number of urea groups is 1. The van der Waals surface area contributed by atoms with Crippen LogP contribution in [0.1, 0.15) is 29.8 Å². The molecule has 1 saturated heterocycles. The van der Waals surface area contributed by atoms with Crippen LogP contribution in [0.2, 0.25) is 0 Å². The number of anilines is 1. The Kier molecular flexibility index (Phi) is 5.66. The number of aryl methyl sites for hydroxylation is 2. The molecule has 1 aliphatic rings. The van der Waals surface area contributed by atoms with E-state index in [1.54, 1.807) is 18.4 Å². The zero-order chi connectivity index (χ0) is 18.7. The van der Waals surface area contributed by atoms with Crippen LogP contribution in [0.5, 0.6) is 5.75 Å². The number of hydrogen-bond acceptors (Lipinski definition) is 5. The Balaban J connectivity index is 1.58. The first-order valence-corrected chi connectivity index (χ1v) is 9.73. The second-order valence-electron chi connectivity index (χ2n) is 6.66. The normalized spacial score (nSPS) is 15.7. The second kappa shape index (κ2) is 7.95. The van der Waals surface area contributed by atoms with Gasteiger partial charge in [-0.15, -0.1) is 11.3 Å². The molecule has 3 rings (SSSR count). The van der Waals surface area contributed by atoms with Gasteiger partial charge in [0.05, 0.1) is 18.8 Å². The monoisotopic (exact) mass is 374 g/mol. The van der Waals surface area contributed by atoms with Crippen LogP contribution in [0.3, 0.4) is 0 Å². The fourth-order valence-electron chi connectivity index (χ4n) is 3.13. The lowest BCUT2D eigenvalue weighted by Gasteiger charge is -2.35. The number of carbonyl (C=O) groups excluding carboxylic acids is 1. The number of hydrogen-bond donors (Lipinski definition) is 1. The fourth-order valence-corrected chi connectivity index (χ4v) is 3.99. The molecule has 7 heteroatoms.